The molecule has 0 heterocycles. The molecule has 0 saturated carbocycles. The van der Waals surface area contributed by atoms with Gasteiger partial charge in [0.15, 0.2) is 11.5 Å². The number of carbonyl (C=O) groups excluding carboxylic acids is 1. The summed E-state index contributed by atoms with van der Waals surface area (Å²) in [4.78, 5) is 11.0. The molecule has 0 atom stereocenters. The van der Waals surface area contributed by atoms with E-state index in [0.717, 1.165) is 16.9 Å². The predicted octanol–water partition coefficient (Wildman–Crippen LogP) is 4.32. The quantitative estimate of drug-likeness (QED) is 0.782. The third-order valence-corrected chi connectivity index (χ3v) is 3.51. The molecule has 6 heteroatoms. The summed E-state index contributed by atoms with van der Waals surface area (Å²) in [7, 11) is 1.59. The summed E-state index contributed by atoms with van der Waals surface area (Å²) in [6.45, 7) is 4.47. The molecule has 0 saturated heterocycles. The van der Waals surface area contributed by atoms with Crippen molar-refractivity contribution in [3.8, 4) is 11.5 Å². The van der Waals surface area contributed by atoms with Gasteiger partial charge in [-0.1, -0.05) is 11.6 Å². The maximum Gasteiger partial charge on any atom is 0.221 e. The molecule has 0 aliphatic carbocycles. The van der Waals surface area contributed by atoms with Gasteiger partial charge in [-0.05, 0) is 37.3 Å². The molecule has 0 unspecified atom stereocenters. The second-order valence-electron chi connectivity index (χ2n) is 5.14. The summed E-state index contributed by atoms with van der Waals surface area (Å²) in [6.07, 6.45) is 0. The number of benzene rings is 2. The zero-order chi connectivity index (χ0) is 17.5. The van der Waals surface area contributed by atoms with Gasteiger partial charge < -0.3 is 20.1 Å². The first kappa shape index (κ1) is 17.9. The smallest absolute Gasteiger partial charge is 0.221 e. The first-order valence-electron chi connectivity index (χ1n) is 7.64. The topological polar surface area (TPSA) is 59.6 Å². The van der Waals surface area contributed by atoms with Gasteiger partial charge >= 0.3 is 0 Å². The lowest BCUT2D eigenvalue weighted by Crippen LogP contribution is -2.06. The van der Waals surface area contributed by atoms with Crippen LogP contribution < -0.4 is 20.1 Å². The molecule has 5 nitrogen and oxygen atoms in total. The normalized spacial score (nSPS) is 10.2. The summed E-state index contributed by atoms with van der Waals surface area (Å²) in [5, 5.41) is 6.64. The van der Waals surface area contributed by atoms with Crippen LogP contribution in [0.15, 0.2) is 36.4 Å². The Hall–Kier alpha value is -2.40. The molecule has 2 N–H and O–H groups in total. The number of ether oxygens (including phenoxy) is 2. The van der Waals surface area contributed by atoms with Crippen LogP contribution in [-0.2, 0) is 11.3 Å². The number of rotatable bonds is 7. The number of anilines is 2. The summed E-state index contributed by atoms with van der Waals surface area (Å²) in [6, 6.07) is 11.1. The highest BCUT2D eigenvalue weighted by Gasteiger charge is 2.12. The first-order chi connectivity index (χ1) is 11.5. The zero-order valence-corrected chi connectivity index (χ0v) is 14.7. The Balaban J connectivity index is 2.13. The van der Waals surface area contributed by atoms with Crippen molar-refractivity contribution in [1.82, 2.24) is 0 Å². The van der Waals surface area contributed by atoms with E-state index in [1.54, 1.807) is 13.2 Å². The van der Waals surface area contributed by atoms with Crippen LogP contribution in [0.5, 0.6) is 11.5 Å². The Morgan fingerprint density at radius 2 is 1.83 bits per heavy atom. The molecular weight excluding hydrogens is 328 g/mol. The molecule has 0 bridgehead atoms. The van der Waals surface area contributed by atoms with Crippen LogP contribution in [0.2, 0.25) is 5.02 Å². The fraction of sp³-hybridized carbons (Fsp3) is 0.278. The van der Waals surface area contributed by atoms with Crippen molar-refractivity contribution in [1.29, 1.82) is 0 Å². The van der Waals surface area contributed by atoms with Crippen molar-refractivity contribution in [3.05, 3.63) is 47.0 Å². The zero-order valence-electron chi connectivity index (χ0n) is 14.0. The van der Waals surface area contributed by atoms with Gasteiger partial charge in [-0.25, -0.2) is 0 Å². The number of carbonyl (C=O) groups is 1. The Morgan fingerprint density at radius 3 is 2.42 bits per heavy atom. The summed E-state index contributed by atoms with van der Waals surface area (Å²) < 4.78 is 11.0. The minimum atomic E-state index is -0.0944. The minimum absolute atomic E-state index is 0.0944. The van der Waals surface area contributed by atoms with E-state index < -0.39 is 0 Å². The standard InChI is InChI=1S/C18H21ClN2O3/c1-4-24-18-13(9-14(19)10-17(18)23-3)11-20-15-5-7-16(8-6-15)21-12(2)22/h5-10,20H,4,11H2,1-3H3,(H,21,22). The SMILES string of the molecule is CCOc1c(CNc2ccc(NC(C)=O)cc2)cc(Cl)cc1OC. The third kappa shape index (κ3) is 4.80. The molecular formula is C18H21ClN2O3. The van der Waals surface area contributed by atoms with E-state index in [0.29, 0.717) is 29.7 Å². The highest BCUT2D eigenvalue weighted by Crippen LogP contribution is 2.35. The highest BCUT2D eigenvalue weighted by atomic mass is 35.5. The fourth-order valence-electron chi connectivity index (χ4n) is 2.29. The van der Waals surface area contributed by atoms with Crippen LogP contribution in [0, 0.1) is 0 Å². The second kappa shape index (κ2) is 8.45. The molecule has 2 rings (SSSR count). The molecule has 0 aromatic heterocycles. The highest BCUT2D eigenvalue weighted by molar-refractivity contribution is 6.30. The van der Waals surface area contributed by atoms with Gasteiger partial charge in [-0.3, -0.25) is 4.79 Å². The number of methoxy groups -OCH3 is 1. The van der Waals surface area contributed by atoms with E-state index in [1.807, 2.05) is 37.3 Å². The molecule has 0 spiro atoms. The molecule has 0 aliphatic heterocycles. The Morgan fingerprint density at radius 1 is 1.17 bits per heavy atom. The van der Waals surface area contributed by atoms with E-state index in [9.17, 15) is 4.79 Å². The van der Waals surface area contributed by atoms with Crippen LogP contribution in [0.3, 0.4) is 0 Å². The lowest BCUT2D eigenvalue weighted by Gasteiger charge is -2.16. The minimum Gasteiger partial charge on any atom is -0.493 e. The molecule has 0 radical (unpaired) electrons. The van der Waals surface area contributed by atoms with Crippen molar-refractivity contribution in [2.24, 2.45) is 0 Å². The van der Waals surface area contributed by atoms with Crippen LogP contribution in [0.1, 0.15) is 19.4 Å². The Bertz CT molecular complexity index is 702. The molecule has 2 aromatic carbocycles. The van der Waals surface area contributed by atoms with Gasteiger partial charge in [-0.2, -0.15) is 0 Å². The number of amides is 1. The number of halogens is 1. The van der Waals surface area contributed by atoms with Crippen molar-refractivity contribution in [2.75, 3.05) is 24.4 Å². The lowest BCUT2D eigenvalue weighted by atomic mass is 10.1. The van der Waals surface area contributed by atoms with E-state index in [1.165, 1.54) is 6.92 Å². The van der Waals surface area contributed by atoms with E-state index >= 15 is 0 Å². The summed E-state index contributed by atoms with van der Waals surface area (Å²) in [5.74, 6) is 1.21. The van der Waals surface area contributed by atoms with Crippen molar-refractivity contribution >= 4 is 28.9 Å². The Labute approximate surface area is 146 Å². The van der Waals surface area contributed by atoms with Crippen LogP contribution >= 0.6 is 11.6 Å². The lowest BCUT2D eigenvalue weighted by molar-refractivity contribution is -0.114. The fourth-order valence-corrected chi connectivity index (χ4v) is 2.52. The van der Waals surface area contributed by atoms with E-state index in [4.69, 9.17) is 21.1 Å². The van der Waals surface area contributed by atoms with Crippen molar-refractivity contribution in [2.45, 2.75) is 20.4 Å². The van der Waals surface area contributed by atoms with Gasteiger partial charge in [0, 0.05) is 41.5 Å². The van der Waals surface area contributed by atoms with E-state index in [-0.39, 0.29) is 5.91 Å². The van der Waals surface area contributed by atoms with Crippen molar-refractivity contribution < 1.29 is 14.3 Å². The first-order valence-corrected chi connectivity index (χ1v) is 8.02. The molecule has 1 amide bonds. The number of hydrogen-bond donors (Lipinski definition) is 2. The summed E-state index contributed by atoms with van der Waals surface area (Å²) >= 11 is 6.15. The monoisotopic (exact) mass is 348 g/mol. The van der Waals surface area contributed by atoms with Gasteiger partial charge in [0.25, 0.3) is 0 Å². The predicted molar refractivity (Wildman–Crippen MR) is 97.2 cm³/mol. The van der Waals surface area contributed by atoms with Gasteiger partial charge in [-0.15, -0.1) is 0 Å². The van der Waals surface area contributed by atoms with Gasteiger partial charge in [0.1, 0.15) is 0 Å². The third-order valence-electron chi connectivity index (χ3n) is 3.29. The van der Waals surface area contributed by atoms with E-state index in [2.05, 4.69) is 10.6 Å². The number of hydrogen-bond acceptors (Lipinski definition) is 4. The maximum atomic E-state index is 11.0. The Kier molecular flexibility index (Phi) is 6.32. The molecule has 128 valence electrons. The van der Waals surface area contributed by atoms with Gasteiger partial charge in [0.05, 0.1) is 13.7 Å². The second-order valence-corrected chi connectivity index (χ2v) is 5.58. The molecule has 0 aliphatic rings. The van der Waals surface area contributed by atoms with Crippen LogP contribution in [0.25, 0.3) is 0 Å². The maximum absolute atomic E-state index is 11.0. The molecule has 24 heavy (non-hydrogen) atoms. The number of nitrogens with one attached hydrogen (secondary N) is 2. The molecule has 2 aromatic rings. The average molecular weight is 349 g/mol. The molecule has 0 fully saturated rings. The van der Waals surface area contributed by atoms with Crippen LogP contribution in [0.4, 0.5) is 11.4 Å². The average Bonchev–Trinajstić information content (AvgIpc) is 2.55. The summed E-state index contributed by atoms with van der Waals surface area (Å²) in [5.41, 5.74) is 2.59. The van der Waals surface area contributed by atoms with Crippen LogP contribution in [-0.4, -0.2) is 19.6 Å². The largest absolute Gasteiger partial charge is 0.493 e. The van der Waals surface area contributed by atoms with Gasteiger partial charge in [0.2, 0.25) is 5.91 Å². The van der Waals surface area contributed by atoms with Crippen molar-refractivity contribution in [3.63, 3.8) is 0 Å².